The van der Waals surface area contributed by atoms with E-state index in [4.69, 9.17) is 18.3 Å². The first-order chi connectivity index (χ1) is 16.8. The highest BCUT2D eigenvalue weighted by Crippen LogP contribution is 2.45. The molecule has 6 nitrogen and oxygen atoms in total. The summed E-state index contributed by atoms with van der Waals surface area (Å²) >= 11 is 0. The molecule has 1 aliphatic heterocycles. The fraction of sp³-hybridized carbons (Fsp3) is 0.967. The molecule has 0 spiro atoms. The molecular formula is C30H63NO5Si2. The van der Waals surface area contributed by atoms with E-state index in [1.807, 2.05) is 34.9 Å². The van der Waals surface area contributed by atoms with Crippen LogP contribution in [0.25, 0.3) is 0 Å². The van der Waals surface area contributed by atoms with Crippen molar-refractivity contribution in [2.24, 2.45) is 23.7 Å². The monoisotopic (exact) mass is 573 g/mol. The van der Waals surface area contributed by atoms with Crippen LogP contribution < -0.4 is 0 Å². The summed E-state index contributed by atoms with van der Waals surface area (Å²) in [5.74, 6) is -0.538. The fourth-order valence-corrected chi connectivity index (χ4v) is 7.76. The SMILES string of the molecule is C[C@H]([C@H](O[Si](C)(C)C(C)(C)C)[C@H](C)[C@@H]1OC(C)(C)OC[C@H]1C)[C@H](O[Si](C)(C)C(C)(C)C)[C@H](C)C(=O)N(C)C. The van der Waals surface area contributed by atoms with Crippen LogP contribution in [-0.4, -0.2) is 72.2 Å². The third-order valence-corrected chi connectivity index (χ3v) is 18.5. The van der Waals surface area contributed by atoms with Crippen LogP contribution in [-0.2, 0) is 23.1 Å². The van der Waals surface area contributed by atoms with E-state index in [0.717, 1.165) is 0 Å². The molecule has 1 saturated heterocycles. The van der Waals surface area contributed by atoms with E-state index in [2.05, 4.69) is 88.5 Å². The smallest absolute Gasteiger partial charge is 0.227 e. The lowest BCUT2D eigenvalue weighted by molar-refractivity contribution is -0.304. The van der Waals surface area contributed by atoms with Crippen molar-refractivity contribution in [2.45, 2.75) is 143 Å². The number of hydrogen-bond donors (Lipinski definition) is 0. The second-order valence-corrected chi connectivity index (χ2v) is 25.2. The van der Waals surface area contributed by atoms with Crippen LogP contribution in [0.4, 0.5) is 0 Å². The van der Waals surface area contributed by atoms with E-state index in [1.54, 1.807) is 4.90 Å². The average molecular weight is 574 g/mol. The number of carbonyl (C=O) groups excluding carboxylic acids is 1. The summed E-state index contributed by atoms with van der Waals surface area (Å²) in [5, 5.41) is 0.0720. The maximum atomic E-state index is 13.4. The van der Waals surface area contributed by atoms with Crippen molar-refractivity contribution in [1.29, 1.82) is 0 Å². The summed E-state index contributed by atoms with van der Waals surface area (Å²) in [4.78, 5) is 15.1. The van der Waals surface area contributed by atoms with Gasteiger partial charge in [0.05, 0.1) is 30.8 Å². The highest BCUT2D eigenvalue weighted by atomic mass is 28.4. The van der Waals surface area contributed by atoms with Gasteiger partial charge in [0.1, 0.15) is 0 Å². The molecule has 0 saturated carbocycles. The standard InChI is InChI=1S/C30H63NO5Si2/c1-20-19-33-30(11,12)34-24(20)21(2)25(35-37(15,16)28(5,6)7)22(3)26(23(4)27(32)31(13)14)36-38(17,18)29(8,9)10/h20-26H,19H2,1-18H3/t20-,21-,22-,23+,24-,25-,26+/m1/s1. The van der Waals surface area contributed by atoms with Gasteiger partial charge in [0.15, 0.2) is 22.4 Å². The first-order valence-electron chi connectivity index (χ1n) is 14.6. The minimum absolute atomic E-state index is 0.0195. The van der Waals surface area contributed by atoms with Crippen LogP contribution in [0.15, 0.2) is 0 Å². The highest BCUT2D eigenvalue weighted by Gasteiger charge is 2.50. The van der Waals surface area contributed by atoms with Gasteiger partial charge in [-0.05, 0) is 50.1 Å². The molecule has 38 heavy (non-hydrogen) atoms. The van der Waals surface area contributed by atoms with Crippen LogP contribution in [0.3, 0.4) is 0 Å². The second-order valence-electron chi connectivity index (χ2n) is 15.7. The zero-order valence-electron chi connectivity index (χ0n) is 28.2. The number of nitrogens with zero attached hydrogens (tertiary/aromatic N) is 1. The lowest BCUT2D eigenvalue weighted by atomic mass is 9.79. The van der Waals surface area contributed by atoms with E-state index in [1.165, 1.54) is 0 Å². The molecule has 0 bridgehead atoms. The molecule has 7 atom stereocenters. The first-order valence-corrected chi connectivity index (χ1v) is 20.5. The van der Waals surface area contributed by atoms with E-state index in [9.17, 15) is 4.79 Å². The third kappa shape index (κ3) is 8.62. The van der Waals surface area contributed by atoms with Crippen LogP contribution in [0, 0.1) is 23.7 Å². The Kier molecular flexibility index (Phi) is 11.6. The molecule has 1 rings (SSSR count). The zero-order chi connectivity index (χ0) is 30.2. The molecule has 0 radical (unpaired) electrons. The van der Waals surface area contributed by atoms with Crippen molar-refractivity contribution in [3.63, 3.8) is 0 Å². The van der Waals surface area contributed by atoms with Crippen LogP contribution in [0.1, 0.15) is 83.1 Å². The highest BCUT2D eigenvalue weighted by molar-refractivity contribution is 6.74. The number of ether oxygens (including phenoxy) is 2. The molecular weight excluding hydrogens is 511 g/mol. The molecule has 0 aliphatic carbocycles. The molecule has 0 aromatic carbocycles. The maximum Gasteiger partial charge on any atom is 0.227 e. The van der Waals surface area contributed by atoms with Gasteiger partial charge in [-0.2, -0.15) is 0 Å². The van der Waals surface area contributed by atoms with Gasteiger partial charge in [0.25, 0.3) is 0 Å². The molecule has 226 valence electrons. The number of carbonyl (C=O) groups is 1. The Morgan fingerprint density at radius 2 is 1.32 bits per heavy atom. The summed E-state index contributed by atoms with van der Waals surface area (Å²) in [5.41, 5.74) is 0. The Bertz CT molecular complexity index is 784. The Morgan fingerprint density at radius 3 is 1.71 bits per heavy atom. The van der Waals surface area contributed by atoms with Gasteiger partial charge in [-0.1, -0.05) is 69.2 Å². The molecule has 0 aromatic rings. The molecule has 1 aliphatic rings. The molecule has 1 amide bonds. The number of hydrogen-bond acceptors (Lipinski definition) is 5. The van der Waals surface area contributed by atoms with Crippen LogP contribution in [0.2, 0.25) is 36.3 Å². The zero-order valence-corrected chi connectivity index (χ0v) is 30.2. The lowest BCUT2D eigenvalue weighted by Gasteiger charge is -2.50. The van der Waals surface area contributed by atoms with Crippen molar-refractivity contribution in [3.8, 4) is 0 Å². The van der Waals surface area contributed by atoms with Crippen molar-refractivity contribution in [2.75, 3.05) is 20.7 Å². The molecule has 0 unspecified atom stereocenters. The maximum absolute atomic E-state index is 13.4. The number of amides is 1. The summed E-state index contributed by atoms with van der Waals surface area (Å²) in [6, 6.07) is 0. The molecule has 0 N–H and O–H groups in total. The van der Waals surface area contributed by atoms with Gasteiger partial charge in [-0.25, -0.2) is 0 Å². The quantitative estimate of drug-likeness (QED) is 0.253. The average Bonchev–Trinajstić information content (AvgIpc) is 2.73. The van der Waals surface area contributed by atoms with E-state index in [0.29, 0.717) is 6.61 Å². The Labute approximate surface area is 238 Å². The Morgan fingerprint density at radius 1 is 0.895 bits per heavy atom. The van der Waals surface area contributed by atoms with Gasteiger partial charge >= 0.3 is 0 Å². The van der Waals surface area contributed by atoms with Crippen molar-refractivity contribution in [3.05, 3.63) is 0 Å². The van der Waals surface area contributed by atoms with Crippen LogP contribution >= 0.6 is 0 Å². The molecule has 0 aromatic heterocycles. The molecule has 8 heteroatoms. The largest absolute Gasteiger partial charge is 0.413 e. The molecule has 1 heterocycles. The van der Waals surface area contributed by atoms with Gasteiger partial charge < -0.3 is 23.2 Å². The minimum atomic E-state index is -2.19. The Hall–Kier alpha value is -0.256. The van der Waals surface area contributed by atoms with Crippen molar-refractivity contribution >= 4 is 22.5 Å². The predicted octanol–water partition coefficient (Wildman–Crippen LogP) is 7.55. The molecule has 1 fully saturated rings. The topological polar surface area (TPSA) is 57.2 Å². The van der Waals surface area contributed by atoms with E-state index < -0.39 is 22.4 Å². The van der Waals surface area contributed by atoms with Gasteiger partial charge in [-0.3, -0.25) is 4.79 Å². The Balaban J connectivity index is 3.66. The van der Waals surface area contributed by atoms with E-state index in [-0.39, 0.29) is 58.0 Å². The first kappa shape index (κ1) is 35.8. The van der Waals surface area contributed by atoms with Crippen molar-refractivity contribution < 1.29 is 23.1 Å². The second kappa shape index (κ2) is 12.3. The lowest BCUT2D eigenvalue weighted by Crippen LogP contribution is -2.58. The minimum Gasteiger partial charge on any atom is -0.413 e. The summed E-state index contributed by atoms with van der Waals surface area (Å²) in [6.07, 6.45) is -0.431. The fourth-order valence-electron chi connectivity index (χ4n) is 4.84. The summed E-state index contributed by atoms with van der Waals surface area (Å²) in [7, 11) is -0.694. The predicted molar refractivity (Wildman–Crippen MR) is 164 cm³/mol. The van der Waals surface area contributed by atoms with Gasteiger partial charge in [-0.15, -0.1) is 0 Å². The van der Waals surface area contributed by atoms with Gasteiger partial charge in [0, 0.05) is 31.8 Å². The summed E-state index contributed by atoms with van der Waals surface area (Å²) < 4.78 is 27.0. The van der Waals surface area contributed by atoms with Crippen LogP contribution in [0.5, 0.6) is 0 Å². The third-order valence-electron chi connectivity index (χ3n) is 9.54. The number of rotatable bonds is 10. The van der Waals surface area contributed by atoms with Gasteiger partial charge in [0.2, 0.25) is 5.91 Å². The van der Waals surface area contributed by atoms with Crippen molar-refractivity contribution in [1.82, 2.24) is 4.90 Å². The van der Waals surface area contributed by atoms with E-state index >= 15 is 0 Å². The normalized spacial score (nSPS) is 25.3. The summed E-state index contributed by atoms with van der Waals surface area (Å²) in [6.45, 7) is 36.2.